The summed E-state index contributed by atoms with van der Waals surface area (Å²) in [5.74, 6) is -1.61. The molecule has 0 aromatic heterocycles. The van der Waals surface area contributed by atoms with Crippen LogP contribution in [-0.4, -0.2) is 38.0 Å². The van der Waals surface area contributed by atoms with E-state index >= 15 is 0 Å². The van der Waals surface area contributed by atoms with E-state index in [1.807, 2.05) is 0 Å². The molecule has 1 saturated carbocycles. The lowest BCUT2D eigenvalue weighted by Crippen LogP contribution is -2.38. The topological polar surface area (TPSA) is 113 Å². The molecule has 3 N–H and O–H groups in total. The van der Waals surface area contributed by atoms with Gasteiger partial charge in [-0.05, 0) is 37.5 Å². The maximum absolute atomic E-state index is 12.1. The molecule has 1 amide bonds. The number of carbonyl (C=O) groups excluding carboxylic acids is 1. The van der Waals surface area contributed by atoms with Crippen molar-refractivity contribution in [1.29, 1.82) is 0 Å². The van der Waals surface area contributed by atoms with Crippen LogP contribution in [0.2, 0.25) is 0 Å². The molecule has 21 heavy (non-hydrogen) atoms. The number of carbonyl (C=O) groups is 2. The van der Waals surface area contributed by atoms with Crippen molar-refractivity contribution in [1.82, 2.24) is 10.0 Å². The molecule has 0 atom stereocenters. The number of benzene rings is 1. The molecule has 0 aliphatic heterocycles. The lowest BCUT2D eigenvalue weighted by atomic mass is 10.1. The van der Waals surface area contributed by atoms with E-state index in [1.54, 1.807) is 6.92 Å². The molecule has 1 aromatic carbocycles. The van der Waals surface area contributed by atoms with Crippen LogP contribution < -0.4 is 10.0 Å². The van der Waals surface area contributed by atoms with E-state index in [0.29, 0.717) is 5.56 Å². The Hall–Kier alpha value is -1.93. The summed E-state index contributed by atoms with van der Waals surface area (Å²) in [5.41, 5.74) is 0.290. The molecule has 0 bridgehead atoms. The molecular formula is C13H16N2O5S. The number of carboxylic acid groups (broad SMARTS) is 1. The molecule has 1 aromatic rings. The van der Waals surface area contributed by atoms with Crippen LogP contribution in [0, 0.1) is 6.92 Å². The van der Waals surface area contributed by atoms with Gasteiger partial charge in [0.15, 0.2) is 0 Å². The molecule has 1 aliphatic carbocycles. The van der Waals surface area contributed by atoms with Crippen LogP contribution in [0.3, 0.4) is 0 Å². The summed E-state index contributed by atoms with van der Waals surface area (Å²) in [6.07, 6.45) is 1.83. The summed E-state index contributed by atoms with van der Waals surface area (Å²) in [5, 5.41) is 11.6. The molecule has 114 valence electrons. The molecule has 8 heteroatoms. The number of carboxylic acids is 1. The third kappa shape index (κ3) is 4.02. The van der Waals surface area contributed by atoms with Crippen molar-refractivity contribution in [3.63, 3.8) is 0 Å². The standard InChI is InChI=1S/C13H16N2O5S/c1-8-2-3-9(13(17)18)6-11(8)21(19,20)14-7-12(16)15-10-4-5-10/h2-3,6,10,14H,4-5,7H2,1H3,(H,15,16)(H,17,18). The lowest BCUT2D eigenvalue weighted by molar-refractivity contribution is -0.120. The molecule has 0 unspecified atom stereocenters. The zero-order valence-electron chi connectivity index (χ0n) is 11.4. The second-order valence-electron chi connectivity index (χ2n) is 4.95. The predicted molar refractivity (Wildman–Crippen MR) is 74.5 cm³/mol. The Kier molecular flexibility index (Phi) is 4.29. The van der Waals surface area contributed by atoms with Gasteiger partial charge in [-0.2, -0.15) is 0 Å². The highest BCUT2D eigenvalue weighted by Gasteiger charge is 2.24. The smallest absolute Gasteiger partial charge is 0.335 e. The molecule has 1 aliphatic rings. The van der Waals surface area contributed by atoms with Crippen LogP contribution in [0.15, 0.2) is 23.1 Å². The summed E-state index contributed by atoms with van der Waals surface area (Å²) >= 11 is 0. The average molecular weight is 312 g/mol. The number of aryl methyl sites for hydroxylation is 1. The van der Waals surface area contributed by atoms with E-state index in [-0.39, 0.29) is 23.0 Å². The highest BCUT2D eigenvalue weighted by molar-refractivity contribution is 7.89. The predicted octanol–water partition coefficient (Wildman–Crippen LogP) is 0.250. The summed E-state index contributed by atoms with van der Waals surface area (Å²) in [6, 6.07) is 3.98. The number of hydrogen-bond donors (Lipinski definition) is 3. The SMILES string of the molecule is Cc1ccc(C(=O)O)cc1S(=O)(=O)NCC(=O)NC1CC1. The van der Waals surface area contributed by atoms with Gasteiger partial charge in [0.25, 0.3) is 0 Å². The number of rotatable bonds is 6. The Morgan fingerprint density at radius 1 is 1.33 bits per heavy atom. The number of sulfonamides is 1. The van der Waals surface area contributed by atoms with Crippen molar-refractivity contribution < 1.29 is 23.1 Å². The van der Waals surface area contributed by atoms with Crippen molar-refractivity contribution in [2.45, 2.75) is 30.7 Å². The number of amides is 1. The normalized spacial score (nSPS) is 14.7. The van der Waals surface area contributed by atoms with Crippen molar-refractivity contribution >= 4 is 21.9 Å². The van der Waals surface area contributed by atoms with Crippen LogP contribution >= 0.6 is 0 Å². The van der Waals surface area contributed by atoms with Crippen molar-refractivity contribution in [3.05, 3.63) is 29.3 Å². The van der Waals surface area contributed by atoms with Gasteiger partial charge >= 0.3 is 5.97 Å². The van der Waals surface area contributed by atoms with E-state index < -0.39 is 21.9 Å². The highest BCUT2D eigenvalue weighted by atomic mass is 32.2. The minimum Gasteiger partial charge on any atom is -0.478 e. The molecule has 1 fully saturated rings. The van der Waals surface area contributed by atoms with E-state index in [1.165, 1.54) is 12.1 Å². The van der Waals surface area contributed by atoms with Gasteiger partial charge < -0.3 is 10.4 Å². The van der Waals surface area contributed by atoms with Crippen LogP contribution in [0.1, 0.15) is 28.8 Å². The molecule has 0 spiro atoms. The van der Waals surface area contributed by atoms with Crippen molar-refractivity contribution in [2.75, 3.05) is 6.54 Å². The maximum atomic E-state index is 12.1. The maximum Gasteiger partial charge on any atom is 0.335 e. The second-order valence-corrected chi connectivity index (χ2v) is 6.69. The third-order valence-electron chi connectivity index (χ3n) is 3.09. The van der Waals surface area contributed by atoms with Gasteiger partial charge in [-0.3, -0.25) is 4.79 Å². The highest BCUT2D eigenvalue weighted by Crippen LogP contribution is 2.19. The van der Waals surface area contributed by atoms with Gasteiger partial charge in [0.2, 0.25) is 15.9 Å². The summed E-state index contributed by atoms with van der Waals surface area (Å²) in [7, 11) is -3.93. The number of hydrogen-bond acceptors (Lipinski definition) is 4. The Bertz CT molecular complexity index is 680. The zero-order valence-corrected chi connectivity index (χ0v) is 12.2. The Morgan fingerprint density at radius 3 is 2.57 bits per heavy atom. The minimum absolute atomic E-state index is 0.122. The monoisotopic (exact) mass is 312 g/mol. The van der Waals surface area contributed by atoms with Crippen LogP contribution in [0.4, 0.5) is 0 Å². The first kappa shape index (κ1) is 15.5. The van der Waals surface area contributed by atoms with Crippen LogP contribution in [0.25, 0.3) is 0 Å². The molecule has 2 rings (SSSR count). The van der Waals surface area contributed by atoms with E-state index in [0.717, 1.165) is 18.9 Å². The van der Waals surface area contributed by atoms with Crippen LogP contribution in [0.5, 0.6) is 0 Å². The Labute approximate surface area is 122 Å². The first-order chi connectivity index (χ1) is 9.79. The van der Waals surface area contributed by atoms with Gasteiger partial charge in [0, 0.05) is 6.04 Å². The summed E-state index contributed by atoms with van der Waals surface area (Å²) in [6.45, 7) is 1.19. The van der Waals surface area contributed by atoms with E-state index in [9.17, 15) is 18.0 Å². The fraction of sp³-hybridized carbons (Fsp3) is 0.385. The quantitative estimate of drug-likeness (QED) is 0.697. The molecule has 0 saturated heterocycles. The fourth-order valence-corrected chi connectivity index (χ4v) is 3.02. The zero-order chi connectivity index (χ0) is 15.6. The lowest BCUT2D eigenvalue weighted by Gasteiger charge is -2.10. The Balaban J connectivity index is 2.12. The molecule has 0 heterocycles. The van der Waals surface area contributed by atoms with Gasteiger partial charge in [-0.25, -0.2) is 17.9 Å². The van der Waals surface area contributed by atoms with Crippen molar-refractivity contribution in [2.24, 2.45) is 0 Å². The minimum atomic E-state index is -3.93. The van der Waals surface area contributed by atoms with E-state index in [4.69, 9.17) is 5.11 Å². The number of aromatic carboxylic acids is 1. The summed E-state index contributed by atoms with van der Waals surface area (Å²) < 4.78 is 26.5. The van der Waals surface area contributed by atoms with Crippen molar-refractivity contribution in [3.8, 4) is 0 Å². The second kappa shape index (κ2) is 5.82. The van der Waals surface area contributed by atoms with Gasteiger partial charge in [-0.1, -0.05) is 6.07 Å². The average Bonchev–Trinajstić information content (AvgIpc) is 3.20. The fourth-order valence-electron chi connectivity index (χ4n) is 1.77. The third-order valence-corrected chi connectivity index (χ3v) is 4.63. The Morgan fingerprint density at radius 2 is 2.00 bits per heavy atom. The van der Waals surface area contributed by atoms with E-state index in [2.05, 4.69) is 10.0 Å². The van der Waals surface area contributed by atoms with Gasteiger partial charge in [0.1, 0.15) is 0 Å². The van der Waals surface area contributed by atoms with Gasteiger partial charge in [0.05, 0.1) is 17.0 Å². The van der Waals surface area contributed by atoms with Crippen LogP contribution in [-0.2, 0) is 14.8 Å². The molecule has 7 nitrogen and oxygen atoms in total. The largest absolute Gasteiger partial charge is 0.478 e. The molecular weight excluding hydrogens is 296 g/mol. The first-order valence-electron chi connectivity index (χ1n) is 6.42. The summed E-state index contributed by atoms with van der Waals surface area (Å²) in [4.78, 5) is 22.3. The number of nitrogens with one attached hydrogen (secondary N) is 2. The van der Waals surface area contributed by atoms with Gasteiger partial charge in [-0.15, -0.1) is 0 Å². The molecule has 0 radical (unpaired) electrons. The first-order valence-corrected chi connectivity index (χ1v) is 7.91.